The van der Waals surface area contributed by atoms with Crippen molar-refractivity contribution in [3.8, 4) is 17.2 Å². The molecule has 1 saturated heterocycles. The molecule has 0 unspecified atom stereocenters. The Balaban J connectivity index is 1.34. The first-order chi connectivity index (χ1) is 16.5. The highest BCUT2D eigenvalue weighted by molar-refractivity contribution is 5.43. The van der Waals surface area contributed by atoms with Crippen molar-refractivity contribution in [3.05, 3.63) is 72.3 Å². The maximum Gasteiger partial charge on any atom is 0.161 e. The van der Waals surface area contributed by atoms with E-state index in [4.69, 9.17) is 18.9 Å². The number of aromatic nitrogens is 2. The van der Waals surface area contributed by atoms with Crippen molar-refractivity contribution in [3.63, 3.8) is 0 Å². The molecule has 1 N–H and O–H groups in total. The maximum absolute atomic E-state index is 11.2. The number of hydrogen-bond acceptors (Lipinski definition) is 7. The van der Waals surface area contributed by atoms with Crippen molar-refractivity contribution in [2.45, 2.75) is 25.6 Å². The second-order valence-corrected chi connectivity index (χ2v) is 8.72. The third-order valence-corrected chi connectivity index (χ3v) is 5.77. The molecule has 4 rings (SSSR count). The van der Waals surface area contributed by atoms with Gasteiger partial charge in [-0.05, 0) is 36.8 Å². The van der Waals surface area contributed by atoms with E-state index in [1.807, 2.05) is 60.2 Å². The molecule has 1 aliphatic heterocycles. The first kappa shape index (κ1) is 24.1. The molecule has 3 aromatic rings. The Bertz CT molecular complexity index is 1030. The lowest BCUT2D eigenvalue weighted by Gasteiger charge is -2.30. The zero-order valence-corrected chi connectivity index (χ0v) is 19.9. The van der Waals surface area contributed by atoms with Crippen molar-refractivity contribution in [2.24, 2.45) is 0 Å². The fourth-order valence-corrected chi connectivity index (χ4v) is 3.94. The van der Waals surface area contributed by atoms with E-state index in [1.54, 1.807) is 19.6 Å². The molecule has 8 heteroatoms. The van der Waals surface area contributed by atoms with E-state index in [-0.39, 0.29) is 13.2 Å². The van der Waals surface area contributed by atoms with E-state index >= 15 is 0 Å². The Morgan fingerprint density at radius 2 is 1.97 bits per heavy atom. The smallest absolute Gasteiger partial charge is 0.161 e. The van der Waals surface area contributed by atoms with Gasteiger partial charge < -0.3 is 28.6 Å². The summed E-state index contributed by atoms with van der Waals surface area (Å²) in [4.78, 5) is 6.22. The van der Waals surface area contributed by atoms with Crippen LogP contribution in [0.2, 0.25) is 0 Å². The summed E-state index contributed by atoms with van der Waals surface area (Å²) >= 11 is 0. The zero-order chi connectivity index (χ0) is 23.8. The van der Waals surface area contributed by atoms with Gasteiger partial charge in [-0.2, -0.15) is 0 Å². The molecule has 1 fully saturated rings. The number of hydrogen-bond donors (Lipinski definition) is 1. The van der Waals surface area contributed by atoms with Gasteiger partial charge in [0.25, 0.3) is 0 Å². The fourth-order valence-electron chi connectivity index (χ4n) is 3.94. The number of aryl methyl sites for hydroxylation is 1. The van der Waals surface area contributed by atoms with Crippen LogP contribution in [0.25, 0.3) is 0 Å². The number of methoxy groups -OCH3 is 1. The summed E-state index contributed by atoms with van der Waals surface area (Å²) in [6.07, 6.45) is 5.42. The molecule has 1 atom stereocenters. The molecule has 2 aromatic carbocycles. The lowest BCUT2D eigenvalue weighted by atomic mass is 10.1. The molecule has 0 aliphatic carbocycles. The minimum Gasteiger partial charge on any atom is -0.493 e. The SMILES string of the molecule is COc1cc(CN2CCOC[C@](O)(COc3ccc(C)cc3)C2)ccc1OCCn1ccnc1. The highest BCUT2D eigenvalue weighted by Crippen LogP contribution is 2.29. The summed E-state index contributed by atoms with van der Waals surface area (Å²) in [7, 11) is 1.64. The zero-order valence-electron chi connectivity index (χ0n) is 19.9. The van der Waals surface area contributed by atoms with Crippen LogP contribution in [0.3, 0.4) is 0 Å². The summed E-state index contributed by atoms with van der Waals surface area (Å²) in [6, 6.07) is 13.8. The first-order valence-corrected chi connectivity index (χ1v) is 11.5. The van der Waals surface area contributed by atoms with Crippen molar-refractivity contribution < 1.29 is 24.1 Å². The van der Waals surface area contributed by atoms with Gasteiger partial charge in [-0.3, -0.25) is 4.90 Å². The van der Waals surface area contributed by atoms with Crippen LogP contribution in [0.5, 0.6) is 17.2 Å². The molecule has 1 aliphatic rings. The predicted molar refractivity (Wildman–Crippen MR) is 128 cm³/mol. The molecule has 1 aromatic heterocycles. The van der Waals surface area contributed by atoms with Gasteiger partial charge in [-0.15, -0.1) is 0 Å². The van der Waals surface area contributed by atoms with Crippen LogP contribution < -0.4 is 14.2 Å². The van der Waals surface area contributed by atoms with E-state index in [1.165, 1.54) is 5.56 Å². The molecular weight excluding hydrogens is 434 g/mol. The van der Waals surface area contributed by atoms with Gasteiger partial charge in [-0.25, -0.2) is 4.98 Å². The summed E-state index contributed by atoms with van der Waals surface area (Å²) < 4.78 is 25.0. The minimum atomic E-state index is -1.10. The van der Waals surface area contributed by atoms with E-state index < -0.39 is 5.60 Å². The van der Waals surface area contributed by atoms with Crippen LogP contribution in [-0.4, -0.2) is 71.8 Å². The standard InChI is InChI=1S/C26H33N3O5/c1-21-3-6-23(7-4-21)34-19-26(30)17-29(11-13-32-18-26)16-22-5-8-24(25(15-22)31-2)33-14-12-28-10-9-27-20-28/h3-10,15,20,30H,11-14,16-19H2,1-2H3/t26-/m0/s1. The summed E-state index contributed by atoms with van der Waals surface area (Å²) in [5.41, 5.74) is 1.14. The van der Waals surface area contributed by atoms with Gasteiger partial charge in [0.1, 0.15) is 24.6 Å². The van der Waals surface area contributed by atoms with E-state index in [0.29, 0.717) is 44.3 Å². The van der Waals surface area contributed by atoms with Gasteiger partial charge in [0.2, 0.25) is 0 Å². The molecule has 182 valence electrons. The average Bonchev–Trinajstić information content (AvgIpc) is 3.29. The van der Waals surface area contributed by atoms with Crippen LogP contribution in [0.15, 0.2) is 61.2 Å². The highest BCUT2D eigenvalue weighted by atomic mass is 16.5. The Morgan fingerprint density at radius 3 is 2.74 bits per heavy atom. The summed E-state index contributed by atoms with van der Waals surface area (Å²) in [5.74, 6) is 2.13. The van der Waals surface area contributed by atoms with Crippen LogP contribution in [0.4, 0.5) is 0 Å². The third kappa shape index (κ3) is 6.72. The summed E-state index contributed by atoms with van der Waals surface area (Å²) in [6.45, 7) is 6.04. The van der Waals surface area contributed by atoms with Crippen molar-refractivity contribution >= 4 is 0 Å². The van der Waals surface area contributed by atoms with Crippen LogP contribution in [-0.2, 0) is 17.8 Å². The third-order valence-electron chi connectivity index (χ3n) is 5.77. The Kier molecular flexibility index (Phi) is 8.05. The number of ether oxygens (including phenoxy) is 4. The molecule has 0 radical (unpaired) electrons. The monoisotopic (exact) mass is 467 g/mol. The van der Waals surface area contributed by atoms with Gasteiger partial charge in [-0.1, -0.05) is 23.8 Å². The lowest BCUT2D eigenvalue weighted by Crippen LogP contribution is -2.48. The lowest BCUT2D eigenvalue weighted by molar-refractivity contribution is -0.0646. The van der Waals surface area contributed by atoms with Gasteiger partial charge in [0.05, 0.1) is 33.2 Å². The number of imidazole rings is 1. The van der Waals surface area contributed by atoms with E-state index in [0.717, 1.165) is 17.9 Å². The fraction of sp³-hybridized carbons (Fsp3) is 0.423. The number of aliphatic hydroxyl groups is 1. The number of nitrogens with zero attached hydrogens (tertiary/aromatic N) is 3. The Hall–Kier alpha value is -3.07. The predicted octanol–water partition coefficient (Wildman–Crippen LogP) is 2.92. The van der Waals surface area contributed by atoms with Crippen molar-refractivity contribution in [2.75, 3.05) is 46.6 Å². The molecule has 0 bridgehead atoms. The Labute approximate surface area is 200 Å². The molecule has 2 heterocycles. The van der Waals surface area contributed by atoms with Crippen LogP contribution in [0.1, 0.15) is 11.1 Å². The quantitative estimate of drug-likeness (QED) is 0.491. The van der Waals surface area contributed by atoms with Gasteiger partial charge >= 0.3 is 0 Å². The minimum absolute atomic E-state index is 0.166. The molecule has 0 spiro atoms. The van der Waals surface area contributed by atoms with Crippen molar-refractivity contribution in [1.29, 1.82) is 0 Å². The Morgan fingerprint density at radius 1 is 1.12 bits per heavy atom. The van der Waals surface area contributed by atoms with Gasteiger partial charge in [0.15, 0.2) is 11.5 Å². The summed E-state index contributed by atoms with van der Waals surface area (Å²) in [5, 5.41) is 11.2. The van der Waals surface area contributed by atoms with Gasteiger partial charge in [0, 0.05) is 32.0 Å². The second kappa shape index (κ2) is 11.4. The molecule has 0 amide bonds. The largest absolute Gasteiger partial charge is 0.493 e. The molecule has 8 nitrogen and oxygen atoms in total. The van der Waals surface area contributed by atoms with E-state index in [2.05, 4.69) is 9.88 Å². The first-order valence-electron chi connectivity index (χ1n) is 11.5. The molecule has 0 saturated carbocycles. The molecular formula is C26H33N3O5. The molecule has 34 heavy (non-hydrogen) atoms. The normalized spacial score (nSPS) is 18.9. The van der Waals surface area contributed by atoms with Crippen LogP contribution >= 0.6 is 0 Å². The number of benzene rings is 2. The number of rotatable bonds is 10. The van der Waals surface area contributed by atoms with Crippen molar-refractivity contribution in [1.82, 2.24) is 14.5 Å². The average molecular weight is 468 g/mol. The number of β-amino-alcohol motifs (C(OH)–C–C–N with tert-alkyl or cyclic N) is 1. The highest BCUT2D eigenvalue weighted by Gasteiger charge is 2.33. The maximum atomic E-state index is 11.2. The topological polar surface area (TPSA) is 78.2 Å². The second-order valence-electron chi connectivity index (χ2n) is 8.72. The van der Waals surface area contributed by atoms with E-state index in [9.17, 15) is 5.11 Å². The van der Waals surface area contributed by atoms with Crippen LogP contribution in [0, 0.1) is 6.92 Å².